The van der Waals surface area contributed by atoms with Gasteiger partial charge in [-0.1, -0.05) is 68.3 Å². The molecular formula is C28H22Br4N4NiO4+4. The summed E-state index contributed by atoms with van der Waals surface area (Å²) in [5.41, 5.74) is 7.12. The van der Waals surface area contributed by atoms with Gasteiger partial charge in [-0.05, 0) is 80.4 Å². The normalized spacial score (nSPS) is 10.4. The molecule has 41 heavy (non-hydrogen) atoms. The first-order valence-corrected chi connectivity index (χ1v) is 14.5. The molecule has 0 fully saturated rings. The molecule has 8 nitrogen and oxygen atoms in total. The van der Waals surface area contributed by atoms with E-state index in [-0.39, 0.29) is 28.3 Å². The minimum absolute atomic E-state index is 0. The van der Waals surface area contributed by atoms with E-state index in [1.54, 1.807) is 72.8 Å². The molecule has 0 aliphatic carbocycles. The van der Waals surface area contributed by atoms with Crippen LogP contribution >= 0.6 is 63.7 Å². The molecule has 0 aliphatic rings. The van der Waals surface area contributed by atoms with Gasteiger partial charge < -0.3 is 10.2 Å². The summed E-state index contributed by atoms with van der Waals surface area (Å²) in [5.74, 6) is 0.0432. The molecule has 0 bridgehead atoms. The molecule has 2 amide bonds. The Hall–Kier alpha value is -2.83. The number of nitrogens with one attached hydrogen (secondary N) is 2. The van der Waals surface area contributed by atoms with Crippen LogP contribution in [0, 0.1) is 0 Å². The number of hydrazone groups is 2. The Morgan fingerprint density at radius 2 is 0.951 bits per heavy atom. The Bertz CT molecular complexity index is 1440. The molecule has 0 saturated heterocycles. The second-order valence-electron chi connectivity index (χ2n) is 7.83. The van der Waals surface area contributed by atoms with Crippen LogP contribution in [0.25, 0.3) is 0 Å². The van der Waals surface area contributed by atoms with Crippen LogP contribution in [0.2, 0.25) is 0 Å². The van der Waals surface area contributed by atoms with Crippen molar-refractivity contribution in [3.8, 4) is 11.5 Å². The van der Waals surface area contributed by atoms with Crippen LogP contribution in [0.15, 0.2) is 113 Å². The van der Waals surface area contributed by atoms with Gasteiger partial charge in [-0.25, -0.2) is 10.9 Å². The van der Waals surface area contributed by atoms with E-state index in [0.717, 1.165) is 8.95 Å². The van der Waals surface area contributed by atoms with Crippen LogP contribution < -0.4 is 10.9 Å². The Kier molecular flexibility index (Phi) is 14.4. The van der Waals surface area contributed by atoms with Crippen LogP contribution in [0.3, 0.4) is 0 Å². The number of nitrogens with zero attached hydrogens (tertiary/aromatic N) is 2. The topological polar surface area (TPSA) is 129 Å². The zero-order valence-corrected chi connectivity index (χ0v) is 28.1. The summed E-state index contributed by atoms with van der Waals surface area (Å²) in [7, 11) is 0. The maximum Gasteiger partial charge on any atom is 2.00 e. The van der Waals surface area contributed by atoms with Gasteiger partial charge in [-0.15, -0.1) is 0 Å². The standard InChI is InChI=1S/2C14H10Br2N2O2.Ni/c2*15-11-6-10(13(19)12(16)7-11)8-17-18-14(20)9-4-2-1-3-5-9;/h2*1-8,19H,(H,18,20);/q;;+2/p+2. The molecule has 0 heterocycles. The number of hydrogen-bond acceptors (Lipinski definition) is 4. The third-order valence-corrected chi connectivity index (χ3v) is 7.15. The van der Waals surface area contributed by atoms with E-state index in [0.29, 0.717) is 42.7 Å². The predicted molar refractivity (Wildman–Crippen MR) is 173 cm³/mol. The summed E-state index contributed by atoms with van der Waals surface area (Å²) < 4.78 is 2.97. The Labute approximate surface area is 279 Å². The number of carbonyl (C=O) groups excluding carboxylic acids is 2. The molecule has 0 aliphatic heterocycles. The molecule has 0 aromatic heterocycles. The van der Waals surface area contributed by atoms with Gasteiger partial charge in [0, 0.05) is 20.1 Å². The second-order valence-corrected chi connectivity index (χ2v) is 11.4. The molecular weight excluding hydrogens is 835 g/mol. The van der Waals surface area contributed by atoms with Crippen molar-refractivity contribution in [2.24, 2.45) is 10.2 Å². The van der Waals surface area contributed by atoms with Gasteiger partial charge in [0.1, 0.15) is 8.95 Å². The van der Waals surface area contributed by atoms with Crippen LogP contribution in [0.1, 0.15) is 31.8 Å². The van der Waals surface area contributed by atoms with Crippen LogP contribution in [-0.4, -0.2) is 34.5 Å². The first-order valence-electron chi connectivity index (χ1n) is 11.3. The summed E-state index contributed by atoms with van der Waals surface area (Å²) in [6.45, 7) is 0. The Balaban J connectivity index is 0.000000280. The molecule has 6 N–H and O–H groups in total. The van der Waals surface area contributed by atoms with Crippen LogP contribution in [-0.2, 0) is 16.5 Å². The van der Waals surface area contributed by atoms with E-state index < -0.39 is 0 Å². The number of rotatable bonds is 6. The Morgan fingerprint density at radius 3 is 1.29 bits per heavy atom. The second kappa shape index (κ2) is 17.2. The Morgan fingerprint density at radius 1 is 0.610 bits per heavy atom. The SMILES string of the molecule is O=C(NN=Cc1cc(Br)cc(Br)c1[OH2+])c1ccccc1.O=C(NN=Cc1cc(Br)cc(Br)c1[OH2+])c1ccccc1.[Ni+2]. The van der Waals surface area contributed by atoms with Crippen molar-refractivity contribution in [1.29, 1.82) is 0 Å². The molecule has 4 rings (SSSR count). The average molecular weight is 857 g/mol. The van der Waals surface area contributed by atoms with Gasteiger partial charge in [0.15, 0.2) is 0 Å². The molecule has 0 atom stereocenters. The van der Waals surface area contributed by atoms with Gasteiger partial charge in [0.05, 0.1) is 23.6 Å². The van der Waals surface area contributed by atoms with E-state index in [9.17, 15) is 9.59 Å². The van der Waals surface area contributed by atoms with Gasteiger partial charge in [-0.2, -0.15) is 10.2 Å². The van der Waals surface area contributed by atoms with Crippen molar-refractivity contribution in [2.45, 2.75) is 0 Å². The molecule has 0 unspecified atom stereocenters. The summed E-state index contributed by atoms with van der Waals surface area (Å²) in [4.78, 5) is 23.5. The summed E-state index contributed by atoms with van der Waals surface area (Å²) in [6, 6.07) is 24.7. The number of benzene rings is 4. The summed E-state index contributed by atoms with van der Waals surface area (Å²) >= 11 is 13.3. The number of carbonyl (C=O) groups is 2. The smallest absolute Gasteiger partial charge is 0.592 e. The fourth-order valence-corrected chi connectivity index (χ4v) is 5.54. The monoisotopic (exact) mass is 852 g/mol. The van der Waals surface area contributed by atoms with E-state index in [1.807, 2.05) is 12.1 Å². The molecule has 4 aromatic carbocycles. The van der Waals surface area contributed by atoms with Gasteiger partial charge in [-0.3, -0.25) is 9.59 Å². The quantitative estimate of drug-likeness (QED) is 0.0956. The predicted octanol–water partition coefficient (Wildman–Crippen LogP) is 6.82. The minimum atomic E-state index is -0.289. The van der Waals surface area contributed by atoms with Gasteiger partial charge >= 0.3 is 16.5 Å². The third-order valence-electron chi connectivity index (χ3n) is 4.98. The maximum absolute atomic E-state index is 11.8. The zero-order chi connectivity index (χ0) is 29.1. The van der Waals surface area contributed by atoms with Gasteiger partial charge in [0.25, 0.3) is 23.3 Å². The molecule has 212 valence electrons. The van der Waals surface area contributed by atoms with E-state index >= 15 is 0 Å². The molecule has 4 aromatic rings. The zero-order valence-electron chi connectivity index (χ0n) is 20.8. The molecule has 13 heteroatoms. The van der Waals surface area contributed by atoms with E-state index in [1.165, 1.54) is 12.4 Å². The first kappa shape index (κ1) is 34.4. The van der Waals surface area contributed by atoms with Crippen molar-refractivity contribution in [3.63, 3.8) is 0 Å². The fraction of sp³-hybridized carbons (Fsp3) is 0. The number of amides is 2. The molecule has 0 saturated carbocycles. The number of hydrogen-bond donors (Lipinski definition) is 2. The van der Waals surface area contributed by atoms with Gasteiger partial charge in [0.2, 0.25) is 0 Å². The van der Waals surface area contributed by atoms with Crippen molar-refractivity contribution in [2.75, 3.05) is 0 Å². The van der Waals surface area contributed by atoms with Crippen LogP contribution in [0.5, 0.6) is 11.5 Å². The average Bonchev–Trinajstić information content (AvgIpc) is 2.95. The first-order chi connectivity index (χ1) is 19.2. The van der Waals surface area contributed by atoms with Crippen LogP contribution in [0.4, 0.5) is 0 Å². The summed E-state index contributed by atoms with van der Waals surface area (Å²) in [6.07, 6.45) is 2.89. The summed E-state index contributed by atoms with van der Waals surface area (Å²) in [5, 5.41) is 23.5. The van der Waals surface area contributed by atoms with Crippen molar-refractivity contribution in [1.82, 2.24) is 10.9 Å². The van der Waals surface area contributed by atoms with E-state index in [4.69, 9.17) is 10.2 Å². The fourth-order valence-electron chi connectivity index (χ4n) is 3.02. The van der Waals surface area contributed by atoms with E-state index in [2.05, 4.69) is 84.8 Å². The maximum atomic E-state index is 11.8. The van der Waals surface area contributed by atoms with Crippen molar-refractivity contribution in [3.05, 3.63) is 125 Å². The van der Waals surface area contributed by atoms with Crippen molar-refractivity contribution < 1.29 is 36.3 Å². The third kappa shape index (κ3) is 10.8. The molecule has 0 spiro atoms. The minimum Gasteiger partial charge on any atom is -0.592 e. The largest absolute Gasteiger partial charge is 2.00 e. The molecule has 0 radical (unpaired) electrons. The number of halogens is 4. The van der Waals surface area contributed by atoms with Crippen molar-refractivity contribution >= 4 is 88.0 Å².